The molecule has 0 fully saturated rings. The number of benzene rings is 2. The molecule has 1 atom stereocenters. The van der Waals surface area contributed by atoms with Crippen LogP contribution in [-0.2, 0) is 15.8 Å². The van der Waals surface area contributed by atoms with Crippen molar-refractivity contribution in [2.75, 3.05) is 12.0 Å². The number of ether oxygens (including phenoxy) is 1. The van der Waals surface area contributed by atoms with Crippen LogP contribution in [0.25, 0.3) is 0 Å². The minimum absolute atomic E-state index is 0.0383. The van der Waals surface area contributed by atoms with Crippen molar-refractivity contribution in [2.24, 2.45) is 5.73 Å². The van der Waals surface area contributed by atoms with Gasteiger partial charge in [-0.2, -0.15) is 13.2 Å². The number of carbonyl (C=O) groups is 2. The van der Waals surface area contributed by atoms with Crippen molar-refractivity contribution < 1.29 is 27.5 Å². The Morgan fingerprint density at radius 2 is 1.85 bits per heavy atom. The Hall–Kier alpha value is -2.74. The molecule has 5 nitrogen and oxygen atoms in total. The second kappa shape index (κ2) is 6.21. The molecular weight excluding hydrogens is 373 g/mol. The standard InChI is InChI=1S/C17H12ClF3N2O3/c1-26-9-4-2-8(3-5-9)23-13-7-11(17(19,20)21)12(18)6-10(13)14(15(22)24)16(23)25/h2-7,14H,1H3,(H2,22,24). The van der Waals surface area contributed by atoms with Gasteiger partial charge in [0, 0.05) is 5.69 Å². The molecule has 0 bridgehead atoms. The average molecular weight is 385 g/mol. The van der Waals surface area contributed by atoms with Crippen molar-refractivity contribution in [1.29, 1.82) is 0 Å². The van der Waals surface area contributed by atoms with Gasteiger partial charge in [0.05, 0.1) is 23.4 Å². The molecule has 1 heterocycles. The Kier molecular flexibility index (Phi) is 4.31. The van der Waals surface area contributed by atoms with Crippen LogP contribution in [0.3, 0.4) is 0 Å². The lowest BCUT2D eigenvalue weighted by Crippen LogP contribution is -2.31. The molecule has 2 aromatic carbocycles. The summed E-state index contributed by atoms with van der Waals surface area (Å²) in [5.74, 6) is -2.62. The number of methoxy groups -OCH3 is 1. The SMILES string of the molecule is COc1ccc(N2C(=O)C(C(N)=O)c3cc(Cl)c(C(F)(F)F)cc32)cc1. The predicted molar refractivity (Wildman–Crippen MR) is 88.5 cm³/mol. The van der Waals surface area contributed by atoms with E-state index >= 15 is 0 Å². The van der Waals surface area contributed by atoms with Gasteiger partial charge < -0.3 is 10.5 Å². The first-order valence-electron chi connectivity index (χ1n) is 7.33. The third kappa shape index (κ3) is 2.86. The van der Waals surface area contributed by atoms with E-state index < -0.39 is 34.5 Å². The quantitative estimate of drug-likeness (QED) is 0.821. The van der Waals surface area contributed by atoms with Crippen molar-refractivity contribution in [3.8, 4) is 5.75 Å². The summed E-state index contributed by atoms with van der Waals surface area (Å²) in [4.78, 5) is 25.5. The number of alkyl halides is 3. The van der Waals surface area contributed by atoms with Crippen LogP contribution < -0.4 is 15.4 Å². The lowest BCUT2D eigenvalue weighted by molar-refractivity contribution is -0.137. The summed E-state index contributed by atoms with van der Waals surface area (Å²) in [6, 6.07) is 7.79. The fourth-order valence-corrected chi connectivity index (χ4v) is 3.15. The zero-order chi connectivity index (χ0) is 19.2. The highest BCUT2D eigenvalue weighted by atomic mass is 35.5. The summed E-state index contributed by atoms with van der Waals surface area (Å²) in [7, 11) is 1.45. The number of hydrogen-bond acceptors (Lipinski definition) is 3. The Morgan fingerprint density at radius 1 is 1.23 bits per heavy atom. The molecule has 0 aliphatic carbocycles. The summed E-state index contributed by atoms with van der Waals surface area (Å²) in [5, 5.41) is -0.605. The zero-order valence-electron chi connectivity index (χ0n) is 13.3. The van der Waals surface area contributed by atoms with E-state index in [2.05, 4.69) is 0 Å². The van der Waals surface area contributed by atoms with Crippen LogP contribution in [0.4, 0.5) is 24.5 Å². The highest BCUT2D eigenvalue weighted by molar-refractivity contribution is 6.32. The molecular formula is C17H12ClF3N2O3. The third-order valence-electron chi connectivity index (χ3n) is 4.06. The number of hydrogen-bond donors (Lipinski definition) is 1. The fourth-order valence-electron chi connectivity index (χ4n) is 2.87. The molecule has 9 heteroatoms. The first-order valence-corrected chi connectivity index (χ1v) is 7.71. The topological polar surface area (TPSA) is 72.6 Å². The number of fused-ring (bicyclic) bond motifs is 1. The van der Waals surface area contributed by atoms with Crippen LogP contribution in [0.1, 0.15) is 17.0 Å². The van der Waals surface area contributed by atoms with Gasteiger partial charge in [0.2, 0.25) is 11.8 Å². The largest absolute Gasteiger partial charge is 0.497 e. The molecule has 1 aliphatic heterocycles. The van der Waals surface area contributed by atoms with Gasteiger partial charge in [-0.15, -0.1) is 0 Å². The predicted octanol–water partition coefficient (Wildman–Crippen LogP) is 3.61. The Balaban J connectivity index is 2.21. The highest BCUT2D eigenvalue weighted by Crippen LogP contribution is 2.47. The van der Waals surface area contributed by atoms with E-state index in [1.807, 2.05) is 0 Å². The molecule has 0 saturated heterocycles. The molecule has 136 valence electrons. The molecule has 2 amide bonds. The minimum atomic E-state index is -4.72. The molecule has 1 aliphatic rings. The number of nitrogens with zero attached hydrogens (tertiary/aromatic N) is 1. The summed E-state index contributed by atoms with van der Waals surface area (Å²) in [6.45, 7) is 0. The maximum atomic E-state index is 13.2. The number of carbonyl (C=O) groups excluding carboxylic acids is 2. The van der Waals surface area contributed by atoms with Crippen LogP contribution >= 0.6 is 11.6 Å². The molecule has 3 rings (SSSR count). The van der Waals surface area contributed by atoms with Crippen molar-refractivity contribution in [2.45, 2.75) is 12.1 Å². The summed E-state index contributed by atoms with van der Waals surface area (Å²) >= 11 is 5.73. The van der Waals surface area contributed by atoms with Gasteiger partial charge in [0.25, 0.3) is 0 Å². The van der Waals surface area contributed by atoms with Gasteiger partial charge >= 0.3 is 6.18 Å². The smallest absolute Gasteiger partial charge is 0.417 e. The third-order valence-corrected chi connectivity index (χ3v) is 4.37. The molecule has 0 saturated carbocycles. The molecule has 26 heavy (non-hydrogen) atoms. The van der Waals surface area contributed by atoms with Crippen LogP contribution in [-0.4, -0.2) is 18.9 Å². The van der Waals surface area contributed by atoms with Gasteiger partial charge in [-0.1, -0.05) is 11.6 Å². The molecule has 2 aromatic rings. The van der Waals surface area contributed by atoms with E-state index in [9.17, 15) is 22.8 Å². The fraction of sp³-hybridized carbons (Fsp3) is 0.176. The average Bonchev–Trinajstić information content (AvgIpc) is 2.84. The first kappa shape index (κ1) is 18.1. The molecule has 0 spiro atoms. The maximum absolute atomic E-state index is 13.2. The second-order valence-corrected chi connectivity index (χ2v) is 6.00. The van der Waals surface area contributed by atoms with E-state index in [1.165, 1.54) is 19.2 Å². The Bertz CT molecular complexity index is 897. The Morgan fingerprint density at radius 3 is 2.35 bits per heavy atom. The van der Waals surface area contributed by atoms with Crippen LogP contribution in [0.15, 0.2) is 36.4 Å². The van der Waals surface area contributed by atoms with Crippen molar-refractivity contribution in [1.82, 2.24) is 0 Å². The highest BCUT2D eigenvalue weighted by Gasteiger charge is 2.44. The summed E-state index contributed by atoms with van der Waals surface area (Å²) in [6.07, 6.45) is -4.72. The Labute approximate surface area is 151 Å². The van der Waals surface area contributed by atoms with Gasteiger partial charge in [-0.25, -0.2) is 0 Å². The van der Waals surface area contributed by atoms with Crippen LogP contribution in [0, 0.1) is 0 Å². The van der Waals surface area contributed by atoms with Crippen molar-refractivity contribution in [3.05, 3.63) is 52.5 Å². The maximum Gasteiger partial charge on any atom is 0.417 e. The molecule has 0 aromatic heterocycles. The molecule has 2 N–H and O–H groups in total. The van der Waals surface area contributed by atoms with E-state index in [1.54, 1.807) is 12.1 Å². The summed E-state index contributed by atoms with van der Waals surface area (Å²) < 4.78 is 44.6. The number of nitrogens with two attached hydrogens (primary N) is 1. The zero-order valence-corrected chi connectivity index (χ0v) is 14.1. The van der Waals surface area contributed by atoms with E-state index in [-0.39, 0.29) is 16.9 Å². The monoisotopic (exact) mass is 384 g/mol. The lowest BCUT2D eigenvalue weighted by Gasteiger charge is -2.19. The van der Waals surface area contributed by atoms with Crippen LogP contribution in [0.5, 0.6) is 5.75 Å². The van der Waals surface area contributed by atoms with Gasteiger partial charge in [-0.3, -0.25) is 14.5 Å². The summed E-state index contributed by atoms with van der Waals surface area (Å²) in [5.41, 5.74) is 4.42. The van der Waals surface area contributed by atoms with Gasteiger partial charge in [0.1, 0.15) is 11.7 Å². The molecule has 0 radical (unpaired) electrons. The first-order chi connectivity index (χ1) is 12.1. The van der Waals surface area contributed by atoms with E-state index in [0.717, 1.165) is 17.0 Å². The number of anilines is 2. The number of halogens is 4. The lowest BCUT2D eigenvalue weighted by atomic mass is 9.98. The number of rotatable bonds is 3. The van der Waals surface area contributed by atoms with Gasteiger partial charge in [-0.05, 0) is 42.0 Å². The normalized spacial score (nSPS) is 16.6. The molecule has 1 unspecified atom stereocenters. The second-order valence-electron chi connectivity index (χ2n) is 5.60. The van der Waals surface area contributed by atoms with E-state index in [4.69, 9.17) is 22.1 Å². The number of primary amides is 1. The van der Waals surface area contributed by atoms with Gasteiger partial charge in [0.15, 0.2) is 0 Å². The van der Waals surface area contributed by atoms with E-state index in [0.29, 0.717) is 5.75 Å². The minimum Gasteiger partial charge on any atom is -0.497 e. The van der Waals surface area contributed by atoms with Crippen molar-refractivity contribution >= 4 is 34.8 Å². The van der Waals surface area contributed by atoms with Crippen molar-refractivity contribution in [3.63, 3.8) is 0 Å². The number of amides is 2. The van der Waals surface area contributed by atoms with Crippen LogP contribution in [0.2, 0.25) is 5.02 Å².